The summed E-state index contributed by atoms with van der Waals surface area (Å²) < 4.78 is 27.2. The van der Waals surface area contributed by atoms with Crippen LogP contribution in [0.25, 0.3) is 0 Å². The fourth-order valence-electron chi connectivity index (χ4n) is 4.37. The number of piperidine rings is 1. The van der Waals surface area contributed by atoms with Crippen LogP contribution < -0.4 is 0 Å². The van der Waals surface area contributed by atoms with Gasteiger partial charge in [-0.3, -0.25) is 9.69 Å². The maximum absolute atomic E-state index is 13.0. The number of piperazine rings is 1. The van der Waals surface area contributed by atoms with Gasteiger partial charge in [-0.15, -0.1) is 0 Å². The van der Waals surface area contributed by atoms with Crippen molar-refractivity contribution in [3.05, 3.63) is 29.3 Å². The molecule has 1 amide bonds. The summed E-state index contributed by atoms with van der Waals surface area (Å²) in [5, 5.41) is 0.406. The Morgan fingerprint density at radius 3 is 2.29 bits per heavy atom. The molecule has 8 heteroatoms. The molecule has 156 valence electrons. The number of benzene rings is 1. The Balaban J connectivity index is 1.61. The molecule has 6 nitrogen and oxygen atoms in total. The molecule has 2 saturated heterocycles. The number of halogens is 1. The van der Waals surface area contributed by atoms with Gasteiger partial charge < -0.3 is 4.90 Å². The quantitative estimate of drug-likeness (QED) is 0.740. The van der Waals surface area contributed by atoms with Gasteiger partial charge in [-0.2, -0.15) is 4.31 Å². The van der Waals surface area contributed by atoms with Crippen LogP contribution in [-0.2, 0) is 14.8 Å². The Bertz CT molecular complexity index is 799. The summed E-state index contributed by atoms with van der Waals surface area (Å²) in [6, 6.07) is 6.13. The van der Waals surface area contributed by atoms with Crippen molar-refractivity contribution in [3.63, 3.8) is 0 Å². The first-order chi connectivity index (χ1) is 13.2. The standard InChI is InChI=1S/C20H30ClN3O3S/c1-15-11-16(2)14-23(13-15)20(25)17(3)22-7-9-24(10-8-22)28(26,27)19-6-4-5-18(21)12-19/h4-6,12,15-17H,7-11,13-14H2,1-3H3. The molecule has 2 heterocycles. The second-order valence-electron chi connectivity index (χ2n) is 8.26. The maximum Gasteiger partial charge on any atom is 0.243 e. The van der Waals surface area contributed by atoms with E-state index in [1.54, 1.807) is 18.2 Å². The molecular formula is C20H30ClN3O3S. The maximum atomic E-state index is 13.0. The van der Waals surface area contributed by atoms with E-state index >= 15 is 0 Å². The van der Waals surface area contributed by atoms with E-state index < -0.39 is 10.0 Å². The predicted molar refractivity (Wildman–Crippen MR) is 111 cm³/mol. The average Bonchev–Trinajstić information content (AvgIpc) is 2.66. The summed E-state index contributed by atoms with van der Waals surface area (Å²) >= 11 is 5.95. The number of likely N-dealkylation sites (tertiary alicyclic amines) is 1. The van der Waals surface area contributed by atoms with Gasteiger partial charge >= 0.3 is 0 Å². The van der Waals surface area contributed by atoms with Crippen LogP contribution in [0.3, 0.4) is 0 Å². The molecule has 2 aliphatic heterocycles. The number of hydrogen-bond donors (Lipinski definition) is 0. The normalized spacial score (nSPS) is 26.2. The number of hydrogen-bond acceptors (Lipinski definition) is 4. The van der Waals surface area contributed by atoms with Gasteiger partial charge in [-0.25, -0.2) is 8.42 Å². The number of carbonyl (C=O) groups is 1. The molecule has 0 aliphatic carbocycles. The fourth-order valence-corrected chi connectivity index (χ4v) is 6.09. The Morgan fingerprint density at radius 1 is 1.11 bits per heavy atom. The Morgan fingerprint density at radius 2 is 1.71 bits per heavy atom. The van der Waals surface area contributed by atoms with Crippen molar-refractivity contribution >= 4 is 27.5 Å². The second kappa shape index (κ2) is 8.69. The lowest BCUT2D eigenvalue weighted by Gasteiger charge is -2.41. The minimum absolute atomic E-state index is 0.157. The van der Waals surface area contributed by atoms with E-state index in [1.165, 1.54) is 10.4 Å². The minimum atomic E-state index is -3.56. The monoisotopic (exact) mass is 427 g/mol. The fraction of sp³-hybridized carbons (Fsp3) is 0.650. The minimum Gasteiger partial charge on any atom is -0.341 e. The van der Waals surface area contributed by atoms with Gasteiger partial charge in [0.1, 0.15) is 0 Å². The number of nitrogens with zero attached hydrogens (tertiary/aromatic N) is 3. The summed E-state index contributed by atoms with van der Waals surface area (Å²) in [6.07, 6.45) is 1.16. The van der Waals surface area contributed by atoms with Crippen LogP contribution in [0.5, 0.6) is 0 Å². The van der Waals surface area contributed by atoms with Gasteiger partial charge in [0.05, 0.1) is 10.9 Å². The molecule has 0 radical (unpaired) electrons. The molecule has 0 N–H and O–H groups in total. The van der Waals surface area contributed by atoms with Gasteiger partial charge in [0.15, 0.2) is 0 Å². The molecule has 3 unspecified atom stereocenters. The molecule has 28 heavy (non-hydrogen) atoms. The second-order valence-corrected chi connectivity index (χ2v) is 10.6. The third-order valence-corrected chi connectivity index (χ3v) is 7.92. The van der Waals surface area contributed by atoms with Crippen LogP contribution in [0.4, 0.5) is 0 Å². The molecule has 0 spiro atoms. The van der Waals surface area contributed by atoms with Crippen LogP contribution in [0.2, 0.25) is 5.02 Å². The summed E-state index contributed by atoms with van der Waals surface area (Å²) in [5.74, 6) is 1.21. The first-order valence-corrected chi connectivity index (χ1v) is 11.8. The van der Waals surface area contributed by atoms with E-state index in [1.807, 2.05) is 11.8 Å². The zero-order valence-corrected chi connectivity index (χ0v) is 18.4. The zero-order chi connectivity index (χ0) is 20.5. The summed E-state index contributed by atoms with van der Waals surface area (Å²) in [5.41, 5.74) is 0. The highest BCUT2D eigenvalue weighted by Gasteiger charge is 2.34. The largest absolute Gasteiger partial charge is 0.341 e. The van der Waals surface area contributed by atoms with Crippen molar-refractivity contribution in [2.75, 3.05) is 39.3 Å². The van der Waals surface area contributed by atoms with Crippen LogP contribution >= 0.6 is 11.6 Å². The van der Waals surface area contributed by atoms with E-state index in [-0.39, 0.29) is 16.8 Å². The topological polar surface area (TPSA) is 60.9 Å². The van der Waals surface area contributed by atoms with Crippen molar-refractivity contribution in [1.29, 1.82) is 0 Å². The number of carbonyl (C=O) groups excluding carboxylic acids is 1. The molecule has 2 aliphatic rings. The SMILES string of the molecule is CC1CC(C)CN(C(=O)C(C)N2CCN(S(=O)(=O)c3cccc(Cl)c3)CC2)C1. The molecule has 1 aromatic carbocycles. The van der Waals surface area contributed by atoms with E-state index in [0.29, 0.717) is 43.0 Å². The molecule has 3 atom stereocenters. The predicted octanol–water partition coefficient (Wildman–Crippen LogP) is 2.54. The third-order valence-electron chi connectivity index (χ3n) is 5.79. The first kappa shape index (κ1) is 21.6. The summed E-state index contributed by atoms with van der Waals surface area (Å²) in [4.78, 5) is 17.3. The van der Waals surface area contributed by atoms with E-state index in [9.17, 15) is 13.2 Å². The smallest absolute Gasteiger partial charge is 0.243 e. The Kier molecular flexibility index (Phi) is 6.69. The molecule has 0 saturated carbocycles. The van der Waals surface area contributed by atoms with Crippen molar-refractivity contribution in [1.82, 2.24) is 14.1 Å². The number of sulfonamides is 1. The van der Waals surface area contributed by atoms with Crippen LogP contribution in [-0.4, -0.2) is 73.7 Å². The lowest BCUT2D eigenvalue weighted by Crippen LogP contribution is -2.56. The van der Waals surface area contributed by atoms with Crippen molar-refractivity contribution < 1.29 is 13.2 Å². The molecular weight excluding hydrogens is 398 g/mol. The molecule has 2 fully saturated rings. The number of rotatable bonds is 4. The highest BCUT2D eigenvalue weighted by Crippen LogP contribution is 2.24. The van der Waals surface area contributed by atoms with Crippen molar-refractivity contribution in [2.45, 2.75) is 38.1 Å². The van der Waals surface area contributed by atoms with Gasteiger partial charge in [0.2, 0.25) is 15.9 Å². The lowest BCUT2D eigenvalue weighted by atomic mass is 9.91. The van der Waals surface area contributed by atoms with Crippen LogP contribution in [0.1, 0.15) is 27.2 Å². The van der Waals surface area contributed by atoms with Crippen molar-refractivity contribution in [3.8, 4) is 0 Å². The average molecular weight is 428 g/mol. The Hall–Kier alpha value is -1.15. The van der Waals surface area contributed by atoms with E-state index in [0.717, 1.165) is 19.5 Å². The van der Waals surface area contributed by atoms with Crippen molar-refractivity contribution in [2.24, 2.45) is 11.8 Å². The van der Waals surface area contributed by atoms with E-state index in [2.05, 4.69) is 18.7 Å². The Labute approximate surface area is 173 Å². The van der Waals surface area contributed by atoms with Crippen LogP contribution in [0, 0.1) is 11.8 Å². The summed E-state index contributed by atoms with van der Waals surface area (Å²) in [7, 11) is -3.56. The third kappa shape index (κ3) is 4.70. The van der Waals surface area contributed by atoms with Gasteiger partial charge in [-0.05, 0) is 43.4 Å². The number of amides is 1. The molecule has 0 aromatic heterocycles. The summed E-state index contributed by atoms with van der Waals surface area (Å²) in [6.45, 7) is 9.80. The van der Waals surface area contributed by atoms with Gasteiger partial charge in [0, 0.05) is 44.3 Å². The highest BCUT2D eigenvalue weighted by molar-refractivity contribution is 7.89. The van der Waals surface area contributed by atoms with Crippen LogP contribution in [0.15, 0.2) is 29.2 Å². The molecule has 1 aromatic rings. The van der Waals surface area contributed by atoms with Gasteiger partial charge in [-0.1, -0.05) is 31.5 Å². The lowest BCUT2D eigenvalue weighted by molar-refractivity contribution is -0.139. The van der Waals surface area contributed by atoms with E-state index in [4.69, 9.17) is 11.6 Å². The first-order valence-electron chi connectivity index (χ1n) is 9.97. The van der Waals surface area contributed by atoms with Gasteiger partial charge in [0.25, 0.3) is 0 Å². The highest BCUT2D eigenvalue weighted by atomic mass is 35.5. The molecule has 0 bridgehead atoms. The molecule has 3 rings (SSSR count). The zero-order valence-electron chi connectivity index (χ0n) is 16.8.